The van der Waals surface area contributed by atoms with Crippen LogP contribution >= 0.6 is 23.1 Å². The van der Waals surface area contributed by atoms with Gasteiger partial charge in [-0.1, -0.05) is 29.5 Å². The van der Waals surface area contributed by atoms with Gasteiger partial charge in [0, 0.05) is 23.5 Å². The third-order valence-electron chi connectivity index (χ3n) is 4.97. The monoisotopic (exact) mass is 437 g/mol. The second-order valence-corrected chi connectivity index (χ2v) is 9.65. The topological polar surface area (TPSA) is 76.5 Å². The molecule has 1 saturated carbocycles. The lowest BCUT2D eigenvalue weighted by atomic mass is 9.92. The zero-order valence-corrected chi connectivity index (χ0v) is 18.9. The number of carbonyl (C=O) groups excluding carboxylic acids is 2. The first kappa shape index (κ1) is 23.8. The second kappa shape index (κ2) is 12.3. The van der Waals surface area contributed by atoms with Crippen LogP contribution in [0.15, 0.2) is 34.0 Å². The van der Waals surface area contributed by atoms with Crippen molar-refractivity contribution in [3.8, 4) is 0 Å². The molecule has 1 aliphatic carbocycles. The molecule has 3 unspecified atom stereocenters. The Balaban J connectivity index is 1.78. The number of thiazole rings is 1. The first-order valence-corrected chi connectivity index (χ1v) is 12.0. The normalized spacial score (nSPS) is 20.3. The van der Waals surface area contributed by atoms with Crippen molar-refractivity contribution in [3.63, 3.8) is 0 Å². The molecule has 3 atom stereocenters. The summed E-state index contributed by atoms with van der Waals surface area (Å²) in [4.78, 5) is 28.3. The minimum atomic E-state index is -0.391. The van der Waals surface area contributed by atoms with Gasteiger partial charge in [-0.25, -0.2) is 9.78 Å². The summed E-state index contributed by atoms with van der Waals surface area (Å²) in [6, 6.07) is 0. The number of aliphatic hydroxyl groups is 1. The molecule has 5 nitrogen and oxygen atoms in total. The third-order valence-corrected chi connectivity index (χ3v) is 7.03. The molecule has 1 heterocycles. The number of hydrogen-bond acceptors (Lipinski definition) is 7. The van der Waals surface area contributed by atoms with Crippen LogP contribution in [-0.2, 0) is 9.53 Å². The van der Waals surface area contributed by atoms with Crippen molar-refractivity contribution in [1.82, 2.24) is 4.98 Å². The molecule has 160 valence electrons. The molecule has 0 radical (unpaired) electrons. The van der Waals surface area contributed by atoms with E-state index in [2.05, 4.69) is 17.6 Å². The molecule has 0 spiro atoms. The van der Waals surface area contributed by atoms with Crippen LogP contribution in [0.3, 0.4) is 0 Å². The molecule has 1 aromatic rings. The van der Waals surface area contributed by atoms with Crippen LogP contribution in [0.25, 0.3) is 0 Å². The predicted octanol–water partition coefficient (Wildman–Crippen LogP) is 5.06. The molecular formula is C22H31NO4S2. The molecular weight excluding hydrogens is 406 g/mol. The number of aromatic nitrogens is 1. The maximum absolute atomic E-state index is 12.3. The standard InChI is InChI=1S/C22H31NO4S2/c1-4-27-21(26)19-14-29-22(23-19)28-13-12-18-16(9-11-20(18)25)6-5-7-17(24)10-8-15(2)3/h5-6,14,16-18,24H,2,4,7-13H2,1,3H3/b6-5+. The maximum Gasteiger partial charge on any atom is 0.357 e. The lowest BCUT2D eigenvalue weighted by molar-refractivity contribution is -0.121. The van der Waals surface area contributed by atoms with Crippen molar-refractivity contribution in [2.45, 2.75) is 62.8 Å². The molecule has 1 aliphatic rings. The Morgan fingerprint density at radius 2 is 2.34 bits per heavy atom. The molecule has 1 fully saturated rings. The number of ketones is 1. The van der Waals surface area contributed by atoms with E-state index in [1.807, 2.05) is 13.0 Å². The van der Waals surface area contributed by atoms with Crippen LogP contribution in [-0.4, -0.2) is 40.3 Å². The van der Waals surface area contributed by atoms with Crippen molar-refractivity contribution < 1.29 is 19.4 Å². The number of carbonyl (C=O) groups is 2. The Hall–Kier alpha value is -1.44. The number of allylic oxidation sites excluding steroid dienone is 2. The minimum Gasteiger partial charge on any atom is -0.461 e. The quantitative estimate of drug-likeness (QED) is 0.280. The zero-order chi connectivity index (χ0) is 21.2. The molecule has 29 heavy (non-hydrogen) atoms. The van der Waals surface area contributed by atoms with Gasteiger partial charge in [0.15, 0.2) is 10.0 Å². The molecule has 1 aromatic heterocycles. The molecule has 1 N–H and O–H groups in total. The summed E-state index contributed by atoms with van der Waals surface area (Å²) >= 11 is 3.01. The van der Waals surface area contributed by atoms with E-state index in [-0.39, 0.29) is 17.9 Å². The summed E-state index contributed by atoms with van der Waals surface area (Å²) in [7, 11) is 0. The van der Waals surface area contributed by atoms with Gasteiger partial charge in [-0.15, -0.1) is 17.9 Å². The van der Waals surface area contributed by atoms with Crippen LogP contribution in [0.5, 0.6) is 0 Å². The predicted molar refractivity (Wildman–Crippen MR) is 118 cm³/mol. The summed E-state index contributed by atoms with van der Waals surface area (Å²) in [5.74, 6) is 1.02. The van der Waals surface area contributed by atoms with E-state index < -0.39 is 5.97 Å². The lowest BCUT2D eigenvalue weighted by Gasteiger charge is -2.15. The van der Waals surface area contributed by atoms with Gasteiger partial charge in [0.1, 0.15) is 5.78 Å². The molecule has 0 aromatic carbocycles. The highest BCUT2D eigenvalue weighted by atomic mass is 32.2. The molecule has 0 saturated heterocycles. The fourth-order valence-electron chi connectivity index (χ4n) is 3.38. The number of rotatable bonds is 12. The van der Waals surface area contributed by atoms with Crippen molar-refractivity contribution in [2.24, 2.45) is 11.8 Å². The van der Waals surface area contributed by atoms with Gasteiger partial charge in [-0.05, 0) is 51.9 Å². The number of nitrogens with zero attached hydrogens (tertiary/aromatic N) is 1. The van der Waals surface area contributed by atoms with Gasteiger partial charge < -0.3 is 9.84 Å². The number of hydrogen-bond donors (Lipinski definition) is 1. The Kier molecular flexibility index (Phi) is 10.1. The lowest BCUT2D eigenvalue weighted by Crippen LogP contribution is -2.14. The van der Waals surface area contributed by atoms with Crippen molar-refractivity contribution in [1.29, 1.82) is 0 Å². The van der Waals surface area contributed by atoms with E-state index in [1.54, 1.807) is 24.1 Å². The molecule has 7 heteroatoms. The first-order valence-electron chi connectivity index (χ1n) is 10.2. The summed E-state index contributed by atoms with van der Waals surface area (Å²) in [6.07, 6.45) is 8.29. The largest absolute Gasteiger partial charge is 0.461 e. The van der Waals surface area contributed by atoms with Crippen molar-refractivity contribution in [3.05, 3.63) is 35.4 Å². The third kappa shape index (κ3) is 8.07. The number of Topliss-reactive ketones (excluding diaryl/α,β-unsaturated/α-hetero) is 1. The highest BCUT2D eigenvalue weighted by Gasteiger charge is 2.32. The van der Waals surface area contributed by atoms with E-state index in [0.717, 1.165) is 41.3 Å². The van der Waals surface area contributed by atoms with Gasteiger partial charge in [0.2, 0.25) is 0 Å². The van der Waals surface area contributed by atoms with E-state index in [4.69, 9.17) is 4.74 Å². The Bertz CT molecular complexity index is 728. The average Bonchev–Trinajstić information content (AvgIpc) is 3.28. The van der Waals surface area contributed by atoms with Crippen LogP contribution in [0.2, 0.25) is 0 Å². The smallest absolute Gasteiger partial charge is 0.357 e. The van der Waals surface area contributed by atoms with Crippen LogP contribution in [0, 0.1) is 11.8 Å². The second-order valence-electron chi connectivity index (χ2n) is 7.45. The fraction of sp³-hybridized carbons (Fsp3) is 0.591. The summed E-state index contributed by atoms with van der Waals surface area (Å²) in [5, 5.41) is 11.7. The van der Waals surface area contributed by atoms with E-state index in [0.29, 0.717) is 30.9 Å². The van der Waals surface area contributed by atoms with Gasteiger partial charge in [0.05, 0.1) is 12.7 Å². The Morgan fingerprint density at radius 3 is 3.07 bits per heavy atom. The van der Waals surface area contributed by atoms with Crippen LogP contribution in [0.1, 0.15) is 62.9 Å². The van der Waals surface area contributed by atoms with Gasteiger partial charge in [0.25, 0.3) is 0 Å². The maximum atomic E-state index is 12.3. The van der Waals surface area contributed by atoms with Crippen LogP contribution < -0.4 is 0 Å². The summed E-state index contributed by atoms with van der Waals surface area (Å²) < 4.78 is 5.78. The van der Waals surface area contributed by atoms with Crippen molar-refractivity contribution >= 4 is 34.9 Å². The summed E-state index contributed by atoms with van der Waals surface area (Å²) in [6.45, 7) is 7.94. The number of ether oxygens (including phenoxy) is 1. The Morgan fingerprint density at radius 1 is 1.55 bits per heavy atom. The fourth-order valence-corrected chi connectivity index (χ4v) is 5.26. The minimum absolute atomic E-state index is 0.0378. The number of thioether (sulfide) groups is 1. The molecule has 2 rings (SSSR count). The van der Waals surface area contributed by atoms with E-state index >= 15 is 0 Å². The molecule has 0 amide bonds. The van der Waals surface area contributed by atoms with E-state index in [1.165, 1.54) is 11.3 Å². The molecule has 0 bridgehead atoms. The van der Waals surface area contributed by atoms with E-state index in [9.17, 15) is 14.7 Å². The Labute approximate surface area is 181 Å². The number of aliphatic hydroxyl groups excluding tert-OH is 1. The van der Waals surface area contributed by atoms with Gasteiger partial charge in [-0.3, -0.25) is 4.79 Å². The SMILES string of the molecule is C=C(C)CCC(O)C/C=C/C1CCC(=O)C1CCSc1nc(C(=O)OCC)cs1. The first-order chi connectivity index (χ1) is 13.9. The molecule has 0 aliphatic heterocycles. The van der Waals surface area contributed by atoms with Crippen molar-refractivity contribution in [2.75, 3.05) is 12.4 Å². The van der Waals surface area contributed by atoms with Gasteiger partial charge >= 0.3 is 5.97 Å². The average molecular weight is 438 g/mol. The highest BCUT2D eigenvalue weighted by Crippen LogP contribution is 2.35. The van der Waals surface area contributed by atoms with Gasteiger partial charge in [-0.2, -0.15) is 0 Å². The number of esters is 1. The zero-order valence-electron chi connectivity index (χ0n) is 17.3. The summed E-state index contributed by atoms with van der Waals surface area (Å²) in [5.41, 5.74) is 1.43. The van der Waals surface area contributed by atoms with Crippen LogP contribution in [0.4, 0.5) is 0 Å². The highest BCUT2D eigenvalue weighted by molar-refractivity contribution is 8.01.